The molecule has 0 aliphatic carbocycles. The Kier molecular flexibility index (Phi) is 7.77. The summed E-state index contributed by atoms with van der Waals surface area (Å²) in [4.78, 5) is 17.5. The summed E-state index contributed by atoms with van der Waals surface area (Å²) < 4.78 is 28.2. The van der Waals surface area contributed by atoms with Gasteiger partial charge in [0.05, 0.1) is 4.90 Å². The Balaban J connectivity index is 1.40. The molecule has 0 bridgehead atoms. The maximum atomic E-state index is 13.2. The van der Waals surface area contributed by atoms with Crippen LogP contribution in [0, 0.1) is 6.92 Å². The zero-order valence-electron chi connectivity index (χ0n) is 19.5. The van der Waals surface area contributed by atoms with Crippen LogP contribution in [-0.2, 0) is 23.1 Å². The standard InChI is InChI=1S/C27H31N3O3S/c1-22-9-5-6-12-25(22)21-29-15-8-16-30(18-17-29)27(31)24-13-7-14-26(19-24)34(32,33)28-20-23-10-3-2-4-11-23/h2-7,9-14,19,28H,8,15-18,20-21H2,1H3. The number of hydrogen-bond donors (Lipinski definition) is 1. The van der Waals surface area contributed by atoms with Crippen molar-refractivity contribution in [3.05, 3.63) is 101 Å². The average Bonchev–Trinajstić information content (AvgIpc) is 3.10. The first-order valence-corrected chi connectivity index (χ1v) is 13.1. The largest absolute Gasteiger partial charge is 0.337 e. The van der Waals surface area contributed by atoms with Crippen molar-refractivity contribution in [3.63, 3.8) is 0 Å². The van der Waals surface area contributed by atoms with Crippen molar-refractivity contribution < 1.29 is 13.2 Å². The zero-order valence-corrected chi connectivity index (χ0v) is 20.3. The molecule has 1 saturated heterocycles. The number of sulfonamides is 1. The first kappa shape index (κ1) is 24.1. The summed E-state index contributed by atoms with van der Waals surface area (Å²) in [6.45, 7) is 6.19. The van der Waals surface area contributed by atoms with Crippen LogP contribution in [0.3, 0.4) is 0 Å². The van der Waals surface area contributed by atoms with E-state index in [9.17, 15) is 13.2 Å². The minimum Gasteiger partial charge on any atom is -0.337 e. The molecule has 0 spiro atoms. The Bertz CT molecular complexity index is 1230. The number of hydrogen-bond acceptors (Lipinski definition) is 4. The molecule has 3 aromatic carbocycles. The summed E-state index contributed by atoms with van der Waals surface area (Å²) in [5.74, 6) is -0.127. The van der Waals surface area contributed by atoms with Gasteiger partial charge in [-0.3, -0.25) is 9.69 Å². The molecular formula is C27H31N3O3S. The molecule has 1 fully saturated rings. The summed E-state index contributed by atoms with van der Waals surface area (Å²) in [7, 11) is -3.73. The van der Waals surface area contributed by atoms with E-state index in [0.29, 0.717) is 18.7 Å². The molecule has 0 atom stereocenters. The maximum Gasteiger partial charge on any atom is 0.253 e. The van der Waals surface area contributed by atoms with Gasteiger partial charge in [0.25, 0.3) is 5.91 Å². The van der Waals surface area contributed by atoms with Gasteiger partial charge in [-0.1, -0.05) is 60.7 Å². The molecule has 1 heterocycles. The van der Waals surface area contributed by atoms with Gasteiger partial charge in [-0.15, -0.1) is 0 Å². The molecule has 4 rings (SSSR count). The minimum absolute atomic E-state index is 0.102. The van der Waals surface area contributed by atoms with Crippen LogP contribution in [0.2, 0.25) is 0 Å². The van der Waals surface area contributed by atoms with Crippen LogP contribution in [0.5, 0.6) is 0 Å². The third kappa shape index (κ3) is 6.11. The van der Waals surface area contributed by atoms with Crippen molar-refractivity contribution in [1.29, 1.82) is 0 Å². The highest BCUT2D eigenvalue weighted by molar-refractivity contribution is 7.89. The second-order valence-electron chi connectivity index (χ2n) is 8.69. The number of carbonyl (C=O) groups excluding carboxylic acids is 1. The van der Waals surface area contributed by atoms with Crippen LogP contribution in [-0.4, -0.2) is 50.3 Å². The van der Waals surface area contributed by atoms with Gasteiger partial charge in [0.1, 0.15) is 0 Å². The lowest BCUT2D eigenvalue weighted by atomic mass is 10.1. The molecule has 0 saturated carbocycles. The van der Waals surface area contributed by atoms with E-state index in [2.05, 4.69) is 34.7 Å². The average molecular weight is 478 g/mol. The Morgan fingerprint density at radius 2 is 1.65 bits per heavy atom. The first-order chi connectivity index (χ1) is 16.4. The quantitative estimate of drug-likeness (QED) is 0.562. The van der Waals surface area contributed by atoms with Gasteiger partial charge >= 0.3 is 0 Å². The molecule has 7 heteroatoms. The number of aryl methyl sites for hydroxylation is 1. The van der Waals surface area contributed by atoms with Gasteiger partial charge in [0, 0.05) is 44.8 Å². The van der Waals surface area contributed by atoms with Crippen LogP contribution in [0.4, 0.5) is 0 Å². The van der Waals surface area contributed by atoms with E-state index in [-0.39, 0.29) is 17.3 Å². The van der Waals surface area contributed by atoms with Gasteiger partial charge < -0.3 is 4.90 Å². The van der Waals surface area contributed by atoms with Crippen molar-refractivity contribution in [2.75, 3.05) is 26.2 Å². The smallest absolute Gasteiger partial charge is 0.253 e. The van der Waals surface area contributed by atoms with Gasteiger partial charge in [0.2, 0.25) is 10.0 Å². The molecule has 0 unspecified atom stereocenters. The highest BCUT2D eigenvalue weighted by atomic mass is 32.2. The fourth-order valence-corrected chi connectivity index (χ4v) is 5.26. The number of carbonyl (C=O) groups is 1. The van der Waals surface area contributed by atoms with Crippen molar-refractivity contribution in [2.45, 2.75) is 31.3 Å². The molecule has 3 aromatic rings. The van der Waals surface area contributed by atoms with Gasteiger partial charge in [-0.25, -0.2) is 13.1 Å². The van der Waals surface area contributed by atoms with Crippen molar-refractivity contribution in [1.82, 2.24) is 14.5 Å². The molecule has 0 aromatic heterocycles. The predicted octanol–water partition coefficient (Wildman–Crippen LogP) is 3.82. The summed E-state index contributed by atoms with van der Waals surface area (Å²) >= 11 is 0. The van der Waals surface area contributed by atoms with Crippen molar-refractivity contribution in [2.24, 2.45) is 0 Å². The van der Waals surface area contributed by atoms with Gasteiger partial charge in [0.15, 0.2) is 0 Å². The second-order valence-corrected chi connectivity index (χ2v) is 10.5. The molecular weight excluding hydrogens is 446 g/mol. The number of rotatable bonds is 7. The highest BCUT2D eigenvalue weighted by Crippen LogP contribution is 2.17. The van der Waals surface area contributed by atoms with Crippen LogP contribution in [0.25, 0.3) is 0 Å². The summed E-state index contributed by atoms with van der Waals surface area (Å²) in [5.41, 5.74) is 3.86. The topological polar surface area (TPSA) is 69.7 Å². The van der Waals surface area contributed by atoms with Crippen molar-refractivity contribution in [3.8, 4) is 0 Å². The van der Waals surface area contributed by atoms with E-state index in [0.717, 1.165) is 31.6 Å². The lowest BCUT2D eigenvalue weighted by molar-refractivity contribution is 0.0761. The van der Waals surface area contributed by atoms with Crippen LogP contribution < -0.4 is 4.72 Å². The van der Waals surface area contributed by atoms with E-state index in [4.69, 9.17) is 0 Å². The molecule has 1 amide bonds. The Hall–Kier alpha value is -3.00. The fourth-order valence-electron chi connectivity index (χ4n) is 4.20. The van der Waals surface area contributed by atoms with E-state index in [1.165, 1.54) is 23.3 Å². The zero-order chi connectivity index (χ0) is 24.0. The third-order valence-corrected chi connectivity index (χ3v) is 7.63. The minimum atomic E-state index is -3.73. The lowest BCUT2D eigenvalue weighted by Gasteiger charge is -2.23. The van der Waals surface area contributed by atoms with Gasteiger partial charge in [-0.05, 0) is 48.2 Å². The highest BCUT2D eigenvalue weighted by Gasteiger charge is 2.22. The van der Waals surface area contributed by atoms with Crippen molar-refractivity contribution >= 4 is 15.9 Å². The summed E-state index contributed by atoms with van der Waals surface area (Å²) in [5, 5.41) is 0. The predicted molar refractivity (Wildman–Crippen MR) is 134 cm³/mol. The monoisotopic (exact) mass is 477 g/mol. The molecule has 0 radical (unpaired) electrons. The number of nitrogens with one attached hydrogen (secondary N) is 1. The Morgan fingerprint density at radius 3 is 2.44 bits per heavy atom. The fraction of sp³-hybridized carbons (Fsp3) is 0.296. The number of benzene rings is 3. The molecule has 178 valence electrons. The third-order valence-electron chi connectivity index (χ3n) is 6.23. The summed E-state index contributed by atoms with van der Waals surface area (Å²) in [6.07, 6.45) is 0.883. The first-order valence-electron chi connectivity index (χ1n) is 11.6. The summed E-state index contributed by atoms with van der Waals surface area (Å²) in [6, 6.07) is 24.1. The number of nitrogens with zero attached hydrogens (tertiary/aromatic N) is 2. The number of amides is 1. The van der Waals surface area contributed by atoms with E-state index in [1.807, 2.05) is 41.3 Å². The van der Waals surface area contributed by atoms with E-state index < -0.39 is 10.0 Å². The molecule has 1 aliphatic rings. The molecule has 1 aliphatic heterocycles. The molecule has 6 nitrogen and oxygen atoms in total. The van der Waals surface area contributed by atoms with Crippen LogP contribution in [0.1, 0.15) is 33.5 Å². The lowest BCUT2D eigenvalue weighted by Crippen LogP contribution is -2.35. The van der Waals surface area contributed by atoms with Gasteiger partial charge in [-0.2, -0.15) is 0 Å². The maximum absolute atomic E-state index is 13.2. The Labute approximate surface area is 202 Å². The second kappa shape index (κ2) is 11.0. The molecule has 1 N–H and O–H groups in total. The molecule has 34 heavy (non-hydrogen) atoms. The normalized spacial score (nSPS) is 15.1. The van der Waals surface area contributed by atoms with Crippen LogP contribution >= 0.6 is 0 Å². The Morgan fingerprint density at radius 1 is 0.882 bits per heavy atom. The van der Waals surface area contributed by atoms with Crippen LogP contribution in [0.15, 0.2) is 83.8 Å². The SMILES string of the molecule is Cc1ccccc1CN1CCCN(C(=O)c2cccc(S(=O)(=O)NCc3ccccc3)c2)CC1. The van der Waals surface area contributed by atoms with E-state index >= 15 is 0 Å². The van der Waals surface area contributed by atoms with E-state index in [1.54, 1.807) is 12.1 Å².